The first kappa shape index (κ1) is 12.2. The van der Waals surface area contributed by atoms with Gasteiger partial charge in [0, 0.05) is 16.7 Å². The summed E-state index contributed by atoms with van der Waals surface area (Å²) < 4.78 is 6.64. The van der Waals surface area contributed by atoms with Gasteiger partial charge in [0.05, 0.1) is 6.04 Å². The van der Waals surface area contributed by atoms with E-state index in [-0.39, 0.29) is 6.04 Å². The van der Waals surface area contributed by atoms with Crippen molar-refractivity contribution in [1.29, 1.82) is 0 Å². The van der Waals surface area contributed by atoms with Crippen molar-refractivity contribution in [3.63, 3.8) is 0 Å². The quantitative estimate of drug-likeness (QED) is 0.908. The minimum absolute atomic E-state index is 0.00451. The number of furan rings is 1. The zero-order valence-electron chi connectivity index (χ0n) is 9.61. The second kappa shape index (κ2) is 5.38. The highest BCUT2D eigenvalue weighted by Crippen LogP contribution is 2.22. The largest absolute Gasteiger partial charge is 0.464 e. The predicted octanol–water partition coefficient (Wildman–Crippen LogP) is 3.46. The average molecular weight is 295 g/mol. The standard InChI is InChI=1S/C13H15BrN2O/c1-9-2-7-13(17-9)12(8-15)16-11-5-3-10(14)4-6-11/h2-7,12,16H,8,15H2,1H3. The van der Waals surface area contributed by atoms with Crippen molar-refractivity contribution in [1.82, 2.24) is 0 Å². The fourth-order valence-corrected chi connectivity index (χ4v) is 1.90. The van der Waals surface area contributed by atoms with Crippen LogP contribution in [0.1, 0.15) is 17.6 Å². The lowest BCUT2D eigenvalue weighted by molar-refractivity contribution is 0.459. The Kier molecular flexibility index (Phi) is 3.86. The molecule has 1 atom stereocenters. The van der Waals surface area contributed by atoms with Crippen LogP contribution in [-0.4, -0.2) is 6.54 Å². The molecule has 0 aliphatic carbocycles. The molecule has 3 nitrogen and oxygen atoms in total. The van der Waals surface area contributed by atoms with E-state index in [1.165, 1.54) is 0 Å². The van der Waals surface area contributed by atoms with E-state index in [0.29, 0.717) is 6.54 Å². The average Bonchev–Trinajstić information content (AvgIpc) is 2.75. The van der Waals surface area contributed by atoms with Crippen LogP contribution in [0.4, 0.5) is 5.69 Å². The zero-order valence-corrected chi connectivity index (χ0v) is 11.2. The van der Waals surface area contributed by atoms with E-state index >= 15 is 0 Å². The number of anilines is 1. The Morgan fingerprint density at radius 1 is 1.24 bits per heavy atom. The molecule has 0 bridgehead atoms. The molecule has 0 saturated heterocycles. The maximum Gasteiger partial charge on any atom is 0.127 e. The molecule has 90 valence electrons. The first-order valence-electron chi connectivity index (χ1n) is 5.47. The van der Waals surface area contributed by atoms with E-state index in [1.807, 2.05) is 43.3 Å². The molecule has 0 aliphatic heterocycles. The molecular weight excluding hydrogens is 280 g/mol. The summed E-state index contributed by atoms with van der Waals surface area (Å²) in [5.41, 5.74) is 6.79. The monoisotopic (exact) mass is 294 g/mol. The van der Waals surface area contributed by atoms with Crippen LogP contribution in [0.5, 0.6) is 0 Å². The molecule has 0 fully saturated rings. The summed E-state index contributed by atoms with van der Waals surface area (Å²) in [6, 6.07) is 11.9. The van der Waals surface area contributed by atoms with Gasteiger partial charge < -0.3 is 15.5 Å². The van der Waals surface area contributed by atoms with Gasteiger partial charge in [0.1, 0.15) is 11.5 Å². The predicted molar refractivity (Wildman–Crippen MR) is 73.0 cm³/mol. The van der Waals surface area contributed by atoms with Gasteiger partial charge in [-0.1, -0.05) is 15.9 Å². The lowest BCUT2D eigenvalue weighted by Gasteiger charge is -2.15. The van der Waals surface area contributed by atoms with E-state index in [1.54, 1.807) is 0 Å². The first-order valence-corrected chi connectivity index (χ1v) is 6.27. The summed E-state index contributed by atoms with van der Waals surface area (Å²) >= 11 is 3.41. The maximum absolute atomic E-state index is 5.76. The Bertz CT molecular complexity index is 478. The third-order valence-corrected chi connectivity index (χ3v) is 3.05. The third-order valence-electron chi connectivity index (χ3n) is 2.53. The smallest absolute Gasteiger partial charge is 0.127 e. The Morgan fingerprint density at radius 3 is 2.47 bits per heavy atom. The third kappa shape index (κ3) is 3.11. The molecule has 2 rings (SSSR count). The van der Waals surface area contributed by atoms with Crippen molar-refractivity contribution < 1.29 is 4.42 Å². The Morgan fingerprint density at radius 2 is 1.94 bits per heavy atom. The van der Waals surface area contributed by atoms with Gasteiger partial charge in [-0.3, -0.25) is 0 Å². The lowest BCUT2D eigenvalue weighted by atomic mass is 10.2. The first-order chi connectivity index (χ1) is 8.19. The number of hydrogen-bond acceptors (Lipinski definition) is 3. The van der Waals surface area contributed by atoms with Crippen LogP contribution in [0.2, 0.25) is 0 Å². The highest BCUT2D eigenvalue weighted by Gasteiger charge is 2.12. The summed E-state index contributed by atoms with van der Waals surface area (Å²) in [7, 11) is 0. The number of nitrogens with two attached hydrogens (primary N) is 1. The molecule has 3 N–H and O–H groups in total. The summed E-state index contributed by atoms with van der Waals surface area (Å²) in [5.74, 6) is 1.77. The Labute approximate surface area is 109 Å². The second-order valence-corrected chi connectivity index (χ2v) is 4.80. The van der Waals surface area contributed by atoms with Crippen LogP contribution in [0.3, 0.4) is 0 Å². The fourth-order valence-electron chi connectivity index (χ4n) is 1.63. The van der Waals surface area contributed by atoms with E-state index in [4.69, 9.17) is 10.2 Å². The number of hydrogen-bond donors (Lipinski definition) is 2. The van der Waals surface area contributed by atoms with E-state index in [2.05, 4.69) is 21.2 Å². The van der Waals surface area contributed by atoms with Gasteiger partial charge in [-0.2, -0.15) is 0 Å². The zero-order chi connectivity index (χ0) is 12.3. The molecule has 1 heterocycles. The van der Waals surface area contributed by atoms with Crippen LogP contribution in [0.25, 0.3) is 0 Å². The molecule has 0 radical (unpaired) electrons. The molecular formula is C13H15BrN2O. The minimum Gasteiger partial charge on any atom is -0.464 e. The SMILES string of the molecule is Cc1ccc(C(CN)Nc2ccc(Br)cc2)o1. The van der Waals surface area contributed by atoms with Crippen molar-refractivity contribution in [2.45, 2.75) is 13.0 Å². The number of benzene rings is 1. The van der Waals surface area contributed by atoms with E-state index < -0.39 is 0 Å². The number of halogens is 1. The van der Waals surface area contributed by atoms with Crippen LogP contribution in [0, 0.1) is 6.92 Å². The summed E-state index contributed by atoms with van der Waals surface area (Å²) in [4.78, 5) is 0. The molecule has 4 heteroatoms. The number of rotatable bonds is 4. The molecule has 0 aliphatic rings. The minimum atomic E-state index is 0.00451. The van der Waals surface area contributed by atoms with Crippen molar-refractivity contribution in [2.24, 2.45) is 5.73 Å². The van der Waals surface area contributed by atoms with Gasteiger partial charge in [0.2, 0.25) is 0 Å². The van der Waals surface area contributed by atoms with Gasteiger partial charge >= 0.3 is 0 Å². The van der Waals surface area contributed by atoms with Gasteiger partial charge in [-0.25, -0.2) is 0 Å². The van der Waals surface area contributed by atoms with Gasteiger partial charge in [-0.15, -0.1) is 0 Å². The van der Waals surface area contributed by atoms with Crippen LogP contribution in [0.15, 0.2) is 45.3 Å². The van der Waals surface area contributed by atoms with Crippen LogP contribution in [-0.2, 0) is 0 Å². The van der Waals surface area contributed by atoms with Gasteiger partial charge in [0.25, 0.3) is 0 Å². The van der Waals surface area contributed by atoms with Crippen LogP contribution < -0.4 is 11.1 Å². The molecule has 0 amide bonds. The molecule has 17 heavy (non-hydrogen) atoms. The van der Waals surface area contributed by atoms with Crippen molar-refractivity contribution in [3.8, 4) is 0 Å². The molecule has 1 aromatic heterocycles. The molecule has 2 aromatic rings. The number of nitrogens with one attached hydrogen (secondary N) is 1. The van der Waals surface area contributed by atoms with Crippen molar-refractivity contribution in [3.05, 3.63) is 52.4 Å². The molecule has 0 saturated carbocycles. The van der Waals surface area contributed by atoms with Gasteiger partial charge in [-0.05, 0) is 43.3 Å². The highest BCUT2D eigenvalue weighted by molar-refractivity contribution is 9.10. The highest BCUT2D eigenvalue weighted by atomic mass is 79.9. The summed E-state index contributed by atoms with van der Waals surface area (Å²) in [6.07, 6.45) is 0. The summed E-state index contributed by atoms with van der Waals surface area (Å²) in [5, 5.41) is 3.35. The Hall–Kier alpha value is -1.26. The number of aryl methyl sites for hydroxylation is 1. The second-order valence-electron chi connectivity index (χ2n) is 3.89. The van der Waals surface area contributed by atoms with E-state index in [0.717, 1.165) is 21.7 Å². The van der Waals surface area contributed by atoms with E-state index in [9.17, 15) is 0 Å². The maximum atomic E-state index is 5.76. The normalized spacial score (nSPS) is 12.4. The molecule has 1 unspecified atom stereocenters. The summed E-state index contributed by atoms with van der Waals surface area (Å²) in [6.45, 7) is 2.42. The van der Waals surface area contributed by atoms with Crippen molar-refractivity contribution in [2.75, 3.05) is 11.9 Å². The van der Waals surface area contributed by atoms with Crippen LogP contribution >= 0.6 is 15.9 Å². The van der Waals surface area contributed by atoms with Gasteiger partial charge in [0.15, 0.2) is 0 Å². The van der Waals surface area contributed by atoms with Crippen molar-refractivity contribution >= 4 is 21.6 Å². The molecule has 1 aromatic carbocycles. The molecule has 0 spiro atoms. The fraction of sp³-hybridized carbons (Fsp3) is 0.231. The Balaban J connectivity index is 2.12. The lowest BCUT2D eigenvalue weighted by Crippen LogP contribution is -2.19. The topological polar surface area (TPSA) is 51.2 Å².